The first-order valence-corrected chi connectivity index (χ1v) is 8.31. The van der Waals surface area contributed by atoms with Gasteiger partial charge in [0.05, 0.1) is 0 Å². The molecule has 0 atom stereocenters. The average Bonchev–Trinajstić information content (AvgIpc) is 3.12. The normalized spacial score (nSPS) is 16.1. The molecule has 0 aliphatic carbocycles. The SMILES string of the molecule is CCC(=O)c1cc(-c2noc(C(F)(F)F)n2)ccc1N1CCN(C)CC1. The maximum Gasteiger partial charge on any atom is 0.471 e. The van der Waals surface area contributed by atoms with Crippen LogP contribution in [-0.2, 0) is 6.18 Å². The predicted molar refractivity (Wildman–Crippen MR) is 89.1 cm³/mol. The van der Waals surface area contributed by atoms with Crippen molar-refractivity contribution in [2.45, 2.75) is 19.5 Å². The molecule has 0 radical (unpaired) electrons. The first kappa shape index (κ1) is 18.4. The van der Waals surface area contributed by atoms with Gasteiger partial charge in [0, 0.05) is 49.4 Å². The summed E-state index contributed by atoms with van der Waals surface area (Å²) in [5, 5.41) is 3.39. The van der Waals surface area contributed by atoms with Crippen LogP contribution in [0.5, 0.6) is 0 Å². The van der Waals surface area contributed by atoms with Crippen molar-refractivity contribution < 1.29 is 22.5 Å². The summed E-state index contributed by atoms with van der Waals surface area (Å²) in [6, 6.07) is 4.91. The van der Waals surface area contributed by atoms with Crippen LogP contribution in [0.2, 0.25) is 0 Å². The molecule has 1 aliphatic rings. The molecule has 0 saturated carbocycles. The van der Waals surface area contributed by atoms with E-state index in [9.17, 15) is 18.0 Å². The quantitative estimate of drug-likeness (QED) is 0.773. The van der Waals surface area contributed by atoms with Crippen LogP contribution in [0.3, 0.4) is 0 Å². The van der Waals surface area contributed by atoms with Crippen molar-refractivity contribution in [3.05, 3.63) is 29.7 Å². The molecule has 1 aliphatic heterocycles. The molecule has 0 spiro atoms. The zero-order chi connectivity index (χ0) is 18.9. The zero-order valence-corrected chi connectivity index (χ0v) is 14.5. The summed E-state index contributed by atoms with van der Waals surface area (Å²) in [4.78, 5) is 20.1. The van der Waals surface area contributed by atoms with Gasteiger partial charge >= 0.3 is 12.1 Å². The molecule has 0 amide bonds. The van der Waals surface area contributed by atoms with Gasteiger partial charge in [-0.05, 0) is 25.2 Å². The molecule has 0 N–H and O–H groups in total. The number of hydrogen-bond acceptors (Lipinski definition) is 6. The van der Waals surface area contributed by atoms with Gasteiger partial charge in [0.1, 0.15) is 0 Å². The van der Waals surface area contributed by atoms with E-state index < -0.39 is 12.1 Å². The number of piperazine rings is 1. The van der Waals surface area contributed by atoms with Crippen LogP contribution in [0.4, 0.5) is 18.9 Å². The van der Waals surface area contributed by atoms with E-state index in [0.717, 1.165) is 31.9 Å². The number of Topliss-reactive ketones (excluding diaryl/α,β-unsaturated/α-hetero) is 1. The minimum Gasteiger partial charge on any atom is -0.368 e. The Morgan fingerprint density at radius 2 is 1.92 bits per heavy atom. The maximum atomic E-state index is 12.7. The minimum absolute atomic E-state index is 0.0830. The monoisotopic (exact) mass is 368 g/mol. The second-order valence-electron chi connectivity index (χ2n) is 6.22. The van der Waals surface area contributed by atoms with E-state index in [1.165, 1.54) is 0 Å². The minimum atomic E-state index is -4.70. The van der Waals surface area contributed by atoms with E-state index in [2.05, 4.69) is 24.5 Å². The molecule has 9 heteroatoms. The summed E-state index contributed by atoms with van der Waals surface area (Å²) in [5.41, 5.74) is 1.57. The van der Waals surface area contributed by atoms with Crippen LogP contribution in [0.15, 0.2) is 22.7 Å². The number of aromatic nitrogens is 2. The number of carbonyl (C=O) groups excluding carboxylic acids is 1. The predicted octanol–water partition coefficient (Wildman–Crippen LogP) is 3.10. The smallest absolute Gasteiger partial charge is 0.368 e. The number of ketones is 1. The molecule has 1 saturated heterocycles. The molecular formula is C17H19F3N4O2. The van der Waals surface area contributed by atoms with Crippen molar-refractivity contribution in [3.8, 4) is 11.4 Å². The summed E-state index contributed by atoms with van der Waals surface area (Å²) in [5.74, 6) is -1.67. The molecular weight excluding hydrogens is 349 g/mol. The molecule has 26 heavy (non-hydrogen) atoms. The number of hydrogen-bond donors (Lipinski definition) is 0. The van der Waals surface area contributed by atoms with E-state index >= 15 is 0 Å². The number of nitrogens with zero attached hydrogens (tertiary/aromatic N) is 4. The average molecular weight is 368 g/mol. The lowest BCUT2D eigenvalue weighted by Crippen LogP contribution is -2.45. The third kappa shape index (κ3) is 3.72. The number of halogens is 3. The number of carbonyl (C=O) groups is 1. The summed E-state index contributed by atoms with van der Waals surface area (Å²) >= 11 is 0. The van der Waals surface area contributed by atoms with Gasteiger partial charge in [-0.2, -0.15) is 18.2 Å². The number of anilines is 1. The largest absolute Gasteiger partial charge is 0.471 e. The maximum absolute atomic E-state index is 12.7. The second kappa shape index (κ2) is 7.06. The fourth-order valence-electron chi connectivity index (χ4n) is 2.87. The molecule has 3 rings (SSSR count). The highest BCUT2D eigenvalue weighted by atomic mass is 19.4. The number of alkyl halides is 3. The standard InChI is InChI=1S/C17H19F3N4O2/c1-3-14(25)12-10-11(15-21-16(26-22-15)17(18,19)20)4-5-13(12)24-8-6-23(2)7-9-24/h4-5,10H,3,6-9H2,1-2H3. The lowest BCUT2D eigenvalue weighted by atomic mass is 10.0. The van der Waals surface area contributed by atoms with Crippen molar-refractivity contribution in [3.63, 3.8) is 0 Å². The van der Waals surface area contributed by atoms with Gasteiger partial charge in [-0.3, -0.25) is 4.79 Å². The highest BCUT2D eigenvalue weighted by Crippen LogP contribution is 2.31. The summed E-state index contributed by atoms with van der Waals surface area (Å²) in [7, 11) is 2.03. The Bertz CT molecular complexity index is 796. The Morgan fingerprint density at radius 1 is 1.23 bits per heavy atom. The van der Waals surface area contributed by atoms with E-state index in [0.29, 0.717) is 17.5 Å². The Hall–Kier alpha value is -2.42. The third-order valence-electron chi connectivity index (χ3n) is 4.39. The van der Waals surface area contributed by atoms with Crippen LogP contribution in [-0.4, -0.2) is 54.1 Å². The lowest BCUT2D eigenvalue weighted by Gasteiger charge is -2.35. The molecule has 0 unspecified atom stereocenters. The summed E-state index contributed by atoms with van der Waals surface area (Å²) in [6.45, 7) is 5.06. The Balaban J connectivity index is 1.96. The fraction of sp³-hybridized carbons (Fsp3) is 0.471. The van der Waals surface area contributed by atoms with Crippen LogP contribution in [0.1, 0.15) is 29.6 Å². The van der Waals surface area contributed by atoms with Gasteiger partial charge in [-0.15, -0.1) is 0 Å². The summed E-state index contributed by atoms with van der Waals surface area (Å²) < 4.78 is 42.3. The number of rotatable bonds is 4. The highest BCUT2D eigenvalue weighted by molar-refractivity contribution is 6.02. The summed E-state index contributed by atoms with van der Waals surface area (Å²) in [6.07, 6.45) is -4.41. The van der Waals surface area contributed by atoms with Gasteiger partial charge in [0.15, 0.2) is 5.78 Å². The van der Waals surface area contributed by atoms with Crippen molar-refractivity contribution in [1.29, 1.82) is 0 Å². The highest BCUT2D eigenvalue weighted by Gasteiger charge is 2.38. The van der Waals surface area contributed by atoms with E-state index in [1.807, 2.05) is 7.05 Å². The molecule has 2 aromatic rings. The zero-order valence-electron chi connectivity index (χ0n) is 14.5. The Labute approximate surface area is 148 Å². The lowest BCUT2D eigenvalue weighted by molar-refractivity contribution is -0.159. The van der Waals surface area contributed by atoms with E-state index in [4.69, 9.17) is 0 Å². The fourth-order valence-corrected chi connectivity index (χ4v) is 2.87. The van der Waals surface area contributed by atoms with Crippen molar-refractivity contribution >= 4 is 11.5 Å². The number of likely N-dealkylation sites (N-methyl/N-ethyl adjacent to an activating group) is 1. The number of benzene rings is 1. The second-order valence-corrected chi connectivity index (χ2v) is 6.22. The molecule has 0 bridgehead atoms. The molecule has 140 valence electrons. The Kier molecular flexibility index (Phi) is 4.99. The van der Waals surface area contributed by atoms with Crippen LogP contribution in [0.25, 0.3) is 11.4 Å². The van der Waals surface area contributed by atoms with Crippen LogP contribution < -0.4 is 4.90 Å². The van der Waals surface area contributed by atoms with E-state index in [1.54, 1.807) is 25.1 Å². The molecule has 1 fully saturated rings. The topological polar surface area (TPSA) is 62.5 Å². The van der Waals surface area contributed by atoms with Crippen LogP contribution >= 0.6 is 0 Å². The van der Waals surface area contributed by atoms with Gasteiger partial charge in [-0.1, -0.05) is 12.1 Å². The molecule has 1 aromatic heterocycles. The Morgan fingerprint density at radius 3 is 2.50 bits per heavy atom. The molecule has 2 heterocycles. The van der Waals surface area contributed by atoms with Gasteiger partial charge in [-0.25, -0.2) is 0 Å². The van der Waals surface area contributed by atoms with Crippen LogP contribution in [0, 0.1) is 0 Å². The van der Waals surface area contributed by atoms with Crippen molar-refractivity contribution in [2.24, 2.45) is 0 Å². The molecule has 1 aromatic carbocycles. The van der Waals surface area contributed by atoms with E-state index in [-0.39, 0.29) is 11.6 Å². The van der Waals surface area contributed by atoms with Gasteiger partial charge in [0.25, 0.3) is 0 Å². The molecule has 6 nitrogen and oxygen atoms in total. The van der Waals surface area contributed by atoms with Gasteiger partial charge in [0.2, 0.25) is 5.82 Å². The third-order valence-corrected chi connectivity index (χ3v) is 4.39. The van der Waals surface area contributed by atoms with Gasteiger partial charge < -0.3 is 14.3 Å². The van der Waals surface area contributed by atoms with Crippen molar-refractivity contribution in [1.82, 2.24) is 15.0 Å². The first-order chi connectivity index (χ1) is 12.3. The first-order valence-electron chi connectivity index (χ1n) is 8.31. The van der Waals surface area contributed by atoms with Crippen molar-refractivity contribution in [2.75, 3.05) is 38.1 Å².